The molecule has 0 unspecified atom stereocenters. The lowest BCUT2D eigenvalue weighted by Crippen LogP contribution is -2.50. The monoisotopic (exact) mass is 411 g/mol. The zero-order valence-electron chi connectivity index (χ0n) is 17.5. The van der Waals surface area contributed by atoms with Gasteiger partial charge in [-0.2, -0.15) is 0 Å². The number of carboxylic acids is 1. The number of anilines is 1. The largest absolute Gasteiger partial charge is 0.481 e. The molecule has 30 heavy (non-hydrogen) atoms. The molecule has 2 heterocycles. The molecule has 1 N–H and O–H groups in total. The van der Waals surface area contributed by atoms with Crippen LogP contribution in [0.1, 0.15) is 25.0 Å². The van der Waals surface area contributed by atoms with Gasteiger partial charge in [-0.25, -0.2) is 4.39 Å². The van der Waals surface area contributed by atoms with Crippen molar-refractivity contribution in [2.24, 2.45) is 10.4 Å². The molecule has 0 aliphatic carbocycles. The molecule has 7 heteroatoms. The Labute approximate surface area is 175 Å². The summed E-state index contributed by atoms with van der Waals surface area (Å²) < 4.78 is 19.7. The summed E-state index contributed by atoms with van der Waals surface area (Å²) >= 11 is 0. The number of piperazine rings is 1. The second-order valence-electron chi connectivity index (χ2n) is 8.62. The average Bonchev–Trinajstić information content (AvgIpc) is 2.86. The molecular formula is C23H26FN3O3. The molecule has 0 amide bonds. The zero-order chi connectivity index (χ0) is 21.5. The van der Waals surface area contributed by atoms with E-state index in [-0.39, 0.29) is 5.82 Å². The minimum Gasteiger partial charge on any atom is -0.481 e. The number of hydrogen-bond donors (Lipinski definition) is 1. The number of carboxylic acid groups (broad SMARTS) is 1. The maximum absolute atomic E-state index is 13.7. The van der Waals surface area contributed by atoms with E-state index in [1.807, 2.05) is 13.0 Å². The van der Waals surface area contributed by atoms with Crippen LogP contribution < -0.4 is 9.64 Å². The SMILES string of the molecule is Cc1cc2c(c(N3CCN(CC(C)(C)C(=O)O)CC3)c1)C=Nc1ccc(F)cc1O2. The van der Waals surface area contributed by atoms with Crippen molar-refractivity contribution in [1.82, 2.24) is 4.90 Å². The van der Waals surface area contributed by atoms with Crippen molar-refractivity contribution >= 4 is 23.6 Å². The number of carbonyl (C=O) groups is 1. The first-order valence-electron chi connectivity index (χ1n) is 10.1. The van der Waals surface area contributed by atoms with Crippen molar-refractivity contribution in [3.8, 4) is 11.5 Å². The molecule has 2 aromatic rings. The van der Waals surface area contributed by atoms with Gasteiger partial charge in [0.1, 0.15) is 17.3 Å². The van der Waals surface area contributed by atoms with E-state index in [4.69, 9.17) is 4.74 Å². The van der Waals surface area contributed by atoms with E-state index in [2.05, 4.69) is 20.9 Å². The van der Waals surface area contributed by atoms with Gasteiger partial charge in [0.05, 0.1) is 11.0 Å². The van der Waals surface area contributed by atoms with Gasteiger partial charge in [0.2, 0.25) is 0 Å². The average molecular weight is 411 g/mol. The molecule has 1 saturated heterocycles. The summed E-state index contributed by atoms with van der Waals surface area (Å²) in [5.74, 6) is -0.0752. The van der Waals surface area contributed by atoms with Gasteiger partial charge >= 0.3 is 5.97 Å². The molecule has 4 rings (SSSR count). The number of halogens is 1. The van der Waals surface area contributed by atoms with Crippen LogP contribution in [0.3, 0.4) is 0 Å². The molecular weight excluding hydrogens is 385 g/mol. The Kier molecular flexibility index (Phi) is 5.24. The third-order valence-electron chi connectivity index (χ3n) is 5.65. The number of aliphatic imine (C=N–C) groups is 1. The summed E-state index contributed by atoms with van der Waals surface area (Å²) in [6, 6.07) is 8.40. The quantitative estimate of drug-likeness (QED) is 0.696. The Bertz CT molecular complexity index is 1010. The topological polar surface area (TPSA) is 65.4 Å². The Balaban J connectivity index is 1.57. The van der Waals surface area contributed by atoms with E-state index in [0.29, 0.717) is 23.7 Å². The second-order valence-corrected chi connectivity index (χ2v) is 8.62. The van der Waals surface area contributed by atoms with Crippen LogP contribution in [0.2, 0.25) is 0 Å². The standard InChI is InChI=1S/C23H26FN3O3/c1-15-10-19(27-8-6-26(7-9-27)14-23(2,3)22(28)29)17-13-25-18-5-4-16(24)12-21(18)30-20(17)11-15/h4-5,10-13H,6-9,14H2,1-3H3,(H,28,29). The number of rotatable bonds is 4. The molecule has 0 bridgehead atoms. The van der Waals surface area contributed by atoms with Gasteiger partial charge in [0.25, 0.3) is 0 Å². The highest BCUT2D eigenvalue weighted by molar-refractivity contribution is 5.95. The predicted octanol–water partition coefficient (Wildman–Crippen LogP) is 4.22. The summed E-state index contributed by atoms with van der Waals surface area (Å²) in [7, 11) is 0. The lowest BCUT2D eigenvalue weighted by atomic mass is 9.93. The Morgan fingerprint density at radius 3 is 2.60 bits per heavy atom. The van der Waals surface area contributed by atoms with E-state index in [0.717, 1.165) is 43.0 Å². The number of hydrogen-bond acceptors (Lipinski definition) is 5. The van der Waals surface area contributed by atoms with Crippen molar-refractivity contribution in [1.29, 1.82) is 0 Å². The summed E-state index contributed by atoms with van der Waals surface area (Å²) in [6.45, 7) is 9.17. The maximum atomic E-state index is 13.7. The molecule has 0 saturated carbocycles. The van der Waals surface area contributed by atoms with Gasteiger partial charge in [-0.3, -0.25) is 14.7 Å². The van der Waals surface area contributed by atoms with Crippen LogP contribution in [-0.2, 0) is 4.79 Å². The smallest absolute Gasteiger partial charge is 0.310 e. The van der Waals surface area contributed by atoms with Crippen molar-refractivity contribution < 1.29 is 19.0 Å². The van der Waals surface area contributed by atoms with Crippen LogP contribution in [0, 0.1) is 18.2 Å². The number of benzene rings is 2. The molecule has 2 aliphatic rings. The van der Waals surface area contributed by atoms with Crippen LogP contribution in [-0.4, -0.2) is 54.9 Å². The van der Waals surface area contributed by atoms with E-state index in [1.165, 1.54) is 12.1 Å². The van der Waals surface area contributed by atoms with Crippen LogP contribution in [0.25, 0.3) is 0 Å². The Morgan fingerprint density at radius 2 is 1.90 bits per heavy atom. The number of fused-ring (bicyclic) bond motifs is 2. The van der Waals surface area contributed by atoms with E-state index in [1.54, 1.807) is 26.1 Å². The molecule has 6 nitrogen and oxygen atoms in total. The first kappa shape index (κ1) is 20.3. The minimum atomic E-state index is -0.779. The molecule has 0 aromatic heterocycles. The first-order valence-corrected chi connectivity index (χ1v) is 10.1. The number of aryl methyl sites for hydroxylation is 1. The summed E-state index contributed by atoms with van der Waals surface area (Å²) in [5, 5.41) is 9.39. The lowest BCUT2D eigenvalue weighted by Gasteiger charge is -2.39. The van der Waals surface area contributed by atoms with Crippen LogP contribution in [0.15, 0.2) is 35.3 Å². The summed E-state index contributed by atoms with van der Waals surface area (Å²) in [4.78, 5) is 20.4. The normalized spacial score (nSPS) is 16.5. The Morgan fingerprint density at radius 1 is 1.17 bits per heavy atom. The van der Waals surface area contributed by atoms with E-state index < -0.39 is 11.4 Å². The highest BCUT2D eigenvalue weighted by Gasteiger charge is 2.31. The van der Waals surface area contributed by atoms with Crippen LogP contribution >= 0.6 is 0 Å². The fourth-order valence-electron chi connectivity index (χ4n) is 3.92. The van der Waals surface area contributed by atoms with E-state index >= 15 is 0 Å². The highest BCUT2D eigenvalue weighted by atomic mass is 19.1. The molecule has 0 atom stereocenters. The van der Waals surface area contributed by atoms with Crippen molar-refractivity contribution in [2.45, 2.75) is 20.8 Å². The zero-order valence-corrected chi connectivity index (χ0v) is 17.5. The third kappa shape index (κ3) is 4.03. The predicted molar refractivity (Wildman–Crippen MR) is 115 cm³/mol. The molecule has 1 fully saturated rings. The second kappa shape index (κ2) is 7.72. The van der Waals surface area contributed by atoms with Gasteiger partial charge in [0.15, 0.2) is 5.75 Å². The Hall–Kier alpha value is -2.93. The number of nitrogens with zero attached hydrogens (tertiary/aromatic N) is 3. The number of aliphatic carboxylic acids is 1. The van der Waals surface area contributed by atoms with Gasteiger partial charge in [-0.05, 0) is 50.6 Å². The van der Waals surface area contributed by atoms with Gasteiger partial charge in [0, 0.05) is 50.7 Å². The van der Waals surface area contributed by atoms with E-state index in [9.17, 15) is 14.3 Å². The minimum absolute atomic E-state index is 0.360. The van der Waals surface area contributed by atoms with Gasteiger partial charge < -0.3 is 14.7 Å². The third-order valence-corrected chi connectivity index (χ3v) is 5.65. The fourth-order valence-corrected chi connectivity index (χ4v) is 3.92. The molecule has 0 radical (unpaired) electrons. The van der Waals surface area contributed by atoms with Gasteiger partial charge in [-0.15, -0.1) is 0 Å². The maximum Gasteiger partial charge on any atom is 0.310 e. The van der Waals surface area contributed by atoms with Crippen molar-refractivity contribution in [3.05, 3.63) is 47.3 Å². The summed E-state index contributed by atoms with van der Waals surface area (Å²) in [6.07, 6.45) is 1.79. The fraction of sp³-hybridized carbons (Fsp3) is 0.391. The van der Waals surface area contributed by atoms with Gasteiger partial charge in [-0.1, -0.05) is 0 Å². The molecule has 2 aromatic carbocycles. The molecule has 158 valence electrons. The summed E-state index contributed by atoms with van der Waals surface area (Å²) in [5.41, 5.74) is 2.77. The highest BCUT2D eigenvalue weighted by Crippen LogP contribution is 2.40. The number of ether oxygens (including phenoxy) is 1. The van der Waals surface area contributed by atoms with Crippen LogP contribution in [0.5, 0.6) is 11.5 Å². The lowest BCUT2D eigenvalue weighted by molar-refractivity contribution is -0.148. The van der Waals surface area contributed by atoms with Crippen molar-refractivity contribution in [2.75, 3.05) is 37.6 Å². The first-order chi connectivity index (χ1) is 14.2. The van der Waals surface area contributed by atoms with Crippen molar-refractivity contribution in [3.63, 3.8) is 0 Å². The molecule has 0 spiro atoms. The van der Waals surface area contributed by atoms with Crippen LogP contribution in [0.4, 0.5) is 15.8 Å². The molecule has 2 aliphatic heterocycles.